The summed E-state index contributed by atoms with van der Waals surface area (Å²) in [5.41, 5.74) is 5.71. The number of aromatic nitrogens is 1. The van der Waals surface area contributed by atoms with Crippen molar-refractivity contribution in [2.24, 2.45) is 0 Å². The number of halogens is 1. The normalized spacial score (nSPS) is 16.3. The Hall–Kier alpha value is -3.23. The number of fused-ring (bicyclic) bond motifs is 3. The first kappa shape index (κ1) is 20.1. The van der Waals surface area contributed by atoms with E-state index in [1.165, 1.54) is 23.1 Å². The van der Waals surface area contributed by atoms with E-state index in [-0.39, 0.29) is 37.3 Å². The van der Waals surface area contributed by atoms with E-state index in [0.717, 1.165) is 23.2 Å². The van der Waals surface area contributed by atoms with E-state index in [4.69, 9.17) is 5.21 Å². The number of carbonyl (C=O) groups excluding carboxylic acids is 2. The molecule has 0 saturated heterocycles. The highest BCUT2D eigenvalue weighted by molar-refractivity contribution is 5.85. The molecule has 0 bridgehead atoms. The lowest BCUT2D eigenvalue weighted by Crippen LogP contribution is -2.43. The SMILES string of the molecule is O=C(CCNC(=O)CN1CCc2c([nH]c3ccccc23)C1c1ccc(F)cc1)NO. The number of para-hydroxylation sites is 1. The van der Waals surface area contributed by atoms with E-state index < -0.39 is 5.91 Å². The first-order chi connectivity index (χ1) is 14.6. The molecule has 0 aliphatic carbocycles. The minimum Gasteiger partial charge on any atom is -0.357 e. The summed E-state index contributed by atoms with van der Waals surface area (Å²) in [6.45, 7) is 0.941. The predicted molar refractivity (Wildman–Crippen MR) is 109 cm³/mol. The highest BCUT2D eigenvalue weighted by Gasteiger charge is 2.32. The highest BCUT2D eigenvalue weighted by atomic mass is 19.1. The van der Waals surface area contributed by atoms with Crippen molar-refractivity contribution in [3.63, 3.8) is 0 Å². The maximum absolute atomic E-state index is 13.5. The molecule has 0 spiro atoms. The van der Waals surface area contributed by atoms with Crippen LogP contribution in [0.15, 0.2) is 48.5 Å². The Kier molecular flexibility index (Phi) is 5.78. The van der Waals surface area contributed by atoms with Gasteiger partial charge in [-0.25, -0.2) is 9.87 Å². The molecule has 0 radical (unpaired) electrons. The van der Waals surface area contributed by atoms with Gasteiger partial charge in [0, 0.05) is 36.1 Å². The summed E-state index contributed by atoms with van der Waals surface area (Å²) in [7, 11) is 0. The molecule has 1 aromatic heterocycles. The molecule has 8 heteroatoms. The van der Waals surface area contributed by atoms with Gasteiger partial charge in [0.1, 0.15) is 5.82 Å². The standard InChI is InChI=1S/C22H23FN4O3/c23-15-7-5-14(6-8-15)22-21-17(16-3-1-2-4-18(16)25-21)10-12-27(22)13-20(29)24-11-9-19(28)26-30/h1-8,22,25,30H,9-13H2,(H,24,29)(H,26,28). The van der Waals surface area contributed by atoms with Crippen molar-refractivity contribution in [1.82, 2.24) is 20.7 Å². The molecule has 1 atom stereocenters. The van der Waals surface area contributed by atoms with Crippen LogP contribution >= 0.6 is 0 Å². The summed E-state index contributed by atoms with van der Waals surface area (Å²) in [6, 6.07) is 14.2. The molecule has 0 fully saturated rings. The van der Waals surface area contributed by atoms with Gasteiger partial charge in [-0.15, -0.1) is 0 Å². The Morgan fingerprint density at radius 1 is 1.13 bits per heavy atom. The van der Waals surface area contributed by atoms with E-state index in [1.54, 1.807) is 17.6 Å². The van der Waals surface area contributed by atoms with Crippen molar-refractivity contribution < 1.29 is 19.2 Å². The Morgan fingerprint density at radius 2 is 1.90 bits per heavy atom. The molecule has 156 valence electrons. The zero-order valence-electron chi connectivity index (χ0n) is 16.3. The van der Waals surface area contributed by atoms with E-state index in [1.807, 2.05) is 23.1 Å². The molecule has 1 aliphatic heterocycles. The molecule has 4 N–H and O–H groups in total. The second kappa shape index (κ2) is 8.64. The van der Waals surface area contributed by atoms with E-state index in [2.05, 4.69) is 16.4 Å². The highest BCUT2D eigenvalue weighted by Crippen LogP contribution is 2.38. The quantitative estimate of drug-likeness (QED) is 0.370. The molecule has 2 amide bonds. The third-order valence-corrected chi connectivity index (χ3v) is 5.47. The summed E-state index contributed by atoms with van der Waals surface area (Å²) in [5.74, 6) is -1.08. The van der Waals surface area contributed by atoms with Crippen molar-refractivity contribution in [1.29, 1.82) is 0 Å². The number of benzene rings is 2. The minimum atomic E-state index is -0.555. The van der Waals surface area contributed by atoms with Crippen LogP contribution in [0.2, 0.25) is 0 Å². The largest absolute Gasteiger partial charge is 0.357 e. The molecular weight excluding hydrogens is 387 g/mol. The average molecular weight is 410 g/mol. The smallest absolute Gasteiger partial charge is 0.245 e. The number of nitrogens with zero attached hydrogens (tertiary/aromatic N) is 1. The Morgan fingerprint density at radius 3 is 2.67 bits per heavy atom. The van der Waals surface area contributed by atoms with Crippen molar-refractivity contribution >= 4 is 22.7 Å². The maximum Gasteiger partial charge on any atom is 0.245 e. The van der Waals surface area contributed by atoms with Crippen molar-refractivity contribution in [2.45, 2.75) is 18.9 Å². The molecule has 30 heavy (non-hydrogen) atoms. The number of amides is 2. The van der Waals surface area contributed by atoms with Gasteiger partial charge in [0.05, 0.1) is 12.6 Å². The predicted octanol–water partition coefficient (Wildman–Crippen LogP) is 2.27. The van der Waals surface area contributed by atoms with Gasteiger partial charge in [-0.2, -0.15) is 0 Å². The molecule has 1 unspecified atom stereocenters. The number of nitrogens with one attached hydrogen (secondary N) is 3. The molecule has 7 nitrogen and oxygen atoms in total. The lowest BCUT2D eigenvalue weighted by Gasteiger charge is -2.35. The number of hydrogen-bond acceptors (Lipinski definition) is 4. The summed E-state index contributed by atoms with van der Waals surface area (Å²) >= 11 is 0. The van der Waals surface area contributed by atoms with E-state index in [9.17, 15) is 14.0 Å². The zero-order valence-corrected chi connectivity index (χ0v) is 16.3. The molecule has 3 aromatic rings. The maximum atomic E-state index is 13.5. The number of carbonyl (C=O) groups is 2. The van der Waals surface area contributed by atoms with Gasteiger partial charge >= 0.3 is 0 Å². The number of aromatic amines is 1. The monoisotopic (exact) mass is 410 g/mol. The van der Waals surface area contributed by atoms with Gasteiger partial charge in [-0.05, 0) is 35.7 Å². The molecule has 2 aromatic carbocycles. The second-order valence-electron chi connectivity index (χ2n) is 7.37. The number of H-pyrrole nitrogens is 1. The fourth-order valence-corrected chi connectivity index (χ4v) is 4.10. The Bertz CT molecular complexity index is 1060. The number of hydroxylamine groups is 1. The van der Waals surface area contributed by atoms with Gasteiger partial charge in [-0.1, -0.05) is 30.3 Å². The minimum absolute atomic E-state index is 0.00417. The molecular formula is C22H23FN4O3. The number of rotatable bonds is 6. The van der Waals surface area contributed by atoms with Gasteiger partial charge in [-0.3, -0.25) is 19.7 Å². The number of hydrogen-bond donors (Lipinski definition) is 4. The molecule has 4 rings (SSSR count). The topological polar surface area (TPSA) is 97.5 Å². The van der Waals surface area contributed by atoms with Crippen LogP contribution in [-0.2, 0) is 16.0 Å². The summed E-state index contributed by atoms with van der Waals surface area (Å²) in [4.78, 5) is 29.1. The Labute approximate surface area is 172 Å². The van der Waals surface area contributed by atoms with Crippen LogP contribution in [0.3, 0.4) is 0 Å². The van der Waals surface area contributed by atoms with Crippen molar-refractivity contribution in [3.05, 3.63) is 71.2 Å². The summed E-state index contributed by atoms with van der Waals surface area (Å²) in [5, 5.41) is 12.4. The second-order valence-corrected chi connectivity index (χ2v) is 7.37. The third kappa shape index (κ3) is 4.05. The summed E-state index contributed by atoms with van der Waals surface area (Å²) < 4.78 is 13.5. The fourth-order valence-electron chi connectivity index (χ4n) is 4.10. The van der Waals surface area contributed by atoms with Crippen LogP contribution < -0.4 is 10.8 Å². The van der Waals surface area contributed by atoms with Crippen LogP contribution in [-0.4, -0.2) is 46.5 Å². The first-order valence-electron chi connectivity index (χ1n) is 9.85. The Balaban J connectivity index is 1.60. The lowest BCUT2D eigenvalue weighted by atomic mass is 9.92. The fraction of sp³-hybridized carbons (Fsp3) is 0.273. The lowest BCUT2D eigenvalue weighted by molar-refractivity contribution is -0.129. The third-order valence-electron chi connectivity index (χ3n) is 5.47. The van der Waals surface area contributed by atoms with E-state index >= 15 is 0 Å². The molecule has 0 saturated carbocycles. The van der Waals surface area contributed by atoms with E-state index in [0.29, 0.717) is 6.54 Å². The van der Waals surface area contributed by atoms with Crippen molar-refractivity contribution in [3.8, 4) is 0 Å². The van der Waals surface area contributed by atoms with Crippen LogP contribution in [0, 0.1) is 5.82 Å². The van der Waals surface area contributed by atoms with Gasteiger partial charge in [0.25, 0.3) is 0 Å². The molecule has 1 aliphatic rings. The van der Waals surface area contributed by atoms with Crippen LogP contribution in [0.5, 0.6) is 0 Å². The summed E-state index contributed by atoms with van der Waals surface area (Å²) in [6.07, 6.45) is 0.785. The van der Waals surface area contributed by atoms with Crippen LogP contribution in [0.25, 0.3) is 10.9 Å². The van der Waals surface area contributed by atoms with Crippen molar-refractivity contribution in [2.75, 3.05) is 19.6 Å². The van der Waals surface area contributed by atoms with Crippen LogP contribution in [0.1, 0.15) is 29.3 Å². The average Bonchev–Trinajstić information content (AvgIpc) is 3.13. The van der Waals surface area contributed by atoms with Gasteiger partial charge < -0.3 is 10.3 Å². The first-order valence-corrected chi connectivity index (χ1v) is 9.85. The van der Waals surface area contributed by atoms with Crippen LogP contribution in [0.4, 0.5) is 4.39 Å². The van der Waals surface area contributed by atoms with Gasteiger partial charge in [0.15, 0.2) is 0 Å². The zero-order chi connectivity index (χ0) is 21.1. The molecule has 2 heterocycles. The van der Waals surface area contributed by atoms with Gasteiger partial charge in [0.2, 0.25) is 11.8 Å².